The Labute approximate surface area is 183 Å². The second kappa shape index (κ2) is 9.35. The summed E-state index contributed by atoms with van der Waals surface area (Å²) >= 11 is 3.11. The number of aromatic nitrogens is 4. The minimum absolute atomic E-state index is 0.0120. The number of aryl methyl sites for hydroxylation is 1. The van der Waals surface area contributed by atoms with E-state index in [1.165, 1.54) is 28.5 Å². The highest BCUT2D eigenvalue weighted by atomic mass is 32.2. The van der Waals surface area contributed by atoms with E-state index in [0.717, 1.165) is 23.5 Å². The lowest BCUT2D eigenvalue weighted by molar-refractivity contribution is -0.191. The van der Waals surface area contributed by atoms with Crippen LogP contribution in [-0.4, -0.2) is 89.2 Å². The summed E-state index contributed by atoms with van der Waals surface area (Å²) < 4.78 is 6.71. The summed E-state index contributed by atoms with van der Waals surface area (Å²) in [6, 6.07) is 1.92. The Morgan fingerprint density at radius 1 is 1.53 bits per heavy atom. The van der Waals surface area contributed by atoms with Crippen molar-refractivity contribution in [2.75, 3.05) is 31.0 Å². The lowest BCUT2D eigenvalue weighted by Gasteiger charge is -2.56. The predicted octanol–water partition coefficient (Wildman–Crippen LogP) is -1.29. The second-order valence-electron chi connectivity index (χ2n) is 6.06. The average Bonchev–Trinajstić information content (AvgIpc) is 3.14. The highest BCUT2D eigenvalue weighted by Gasteiger charge is 2.66. The van der Waals surface area contributed by atoms with Crippen molar-refractivity contribution in [3.05, 3.63) is 11.3 Å². The van der Waals surface area contributed by atoms with Gasteiger partial charge in [-0.1, -0.05) is 0 Å². The highest BCUT2D eigenvalue weighted by molar-refractivity contribution is 8.14. The average molecular weight is 472 g/mol. The van der Waals surface area contributed by atoms with Crippen LogP contribution < -0.4 is 5.32 Å². The number of thioether (sulfide) groups is 3. The maximum Gasteiger partial charge on any atom is 0.284 e. The van der Waals surface area contributed by atoms with Gasteiger partial charge in [0.25, 0.3) is 11.6 Å². The van der Waals surface area contributed by atoms with Gasteiger partial charge in [0.15, 0.2) is 0 Å². The van der Waals surface area contributed by atoms with E-state index in [1.54, 1.807) is 7.05 Å². The second-order valence-corrected chi connectivity index (χ2v) is 9.06. The molecule has 1 saturated heterocycles. The first-order valence-electron chi connectivity index (χ1n) is 8.43. The number of hydrogen-bond donors (Lipinski definition) is 2. The predicted molar refractivity (Wildman–Crippen MR) is 108 cm³/mol. The van der Waals surface area contributed by atoms with E-state index in [1.807, 2.05) is 6.07 Å². The molecule has 12 nitrogen and oxygen atoms in total. The Bertz CT molecular complexity index is 945. The van der Waals surface area contributed by atoms with E-state index in [2.05, 4.69) is 20.8 Å². The first kappa shape index (κ1) is 22.6. The lowest BCUT2D eigenvalue weighted by atomic mass is 9.98. The first-order valence-corrected chi connectivity index (χ1v) is 11.4. The molecule has 0 unspecified atom stereocenters. The summed E-state index contributed by atoms with van der Waals surface area (Å²) in [5.74, 6) is -0.682. The van der Waals surface area contributed by atoms with Crippen molar-refractivity contribution < 1.29 is 24.2 Å². The Kier molecular flexibility index (Phi) is 7.03. The summed E-state index contributed by atoms with van der Waals surface area (Å²) in [7, 11) is 2.87. The number of fused-ring (bicyclic) bond motifs is 1. The molecule has 2 atom stereocenters. The van der Waals surface area contributed by atoms with Crippen LogP contribution in [0.1, 0.15) is 0 Å². The fourth-order valence-electron chi connectivity index (χ4n) is 2.92. The van der Waals surface area contributed by atoms with E-state index in [0.29, 0.717) is 5.57 Å². The van der Waals surface area contributed by atoms with E-state index < -0.39 is 34.6 Å². The normalized spacial score (nSPS) is 22.9. The standard InChI is InChI=1S/C15H17N7O5S3/c1-21-14(18-19-20-21)30-11(25)10-8(5-23)6-29-13-15(27-2,12(26)22(10)13)17-9(24)7-28-4-3-16/h13,23H,4-7H2,1-2H3,(H,17,24)/t13-,15+/m1/s1. The summed E-state index contributed by atoms with van der Waals surface area (Å²) in [6.07, 6.45) is 0. The van der Waals surface area contributed by atoms with Crippen molar-refractivity contribution in [3.8, 4) is 6.07 Å². The molecule has 1 aromatic heterocycles. The van der Waals surface area contributed by atoms with Crippen LogP contribution in [0, 0.1) is 11.3 Å². The van der Waals surface area contributed by atoms with Gasteiger partial charge in [-0.25, -0.2) is 4.68 Å². The molecular weight excluding hydrogens is 454 g/mol. The molecular formula is C15H17N7O5S3. The van der Waals surface area contributed by atoms with Gasteiger partial charge >= 0.3 is 0 Å². The third-order valence-corrected chi connectivity index (χ3v) is 7.39. The minimum Gasteiger partial charge on any atom is -0.392 e. The van der Waals surface area contributed by atoms with Crippen LogP contribution in [0.2, 0.25) is 0 Å². The third kappa shape index (κ3) is 3.93. The van der Waals surface area contributed by atoms with E-state index in [-0.39, 0.29) is 28.1 Å². The van der Waals surface area contributed by atoms with Gasteiger partial charge in [0.2, 0.25) is 16.2 Å². The summed E-state index contributed by atoms with van der Waals surface area (Å²) in [5.41, 5.74) is -1.20. The Hall–Kier alpha value is -2.12. The van der Waals surface area contributed by atoms with Gasteiger partial charge in [-0.15, -0.1) is 28.6 Å². The molecule has 0 aliphatic carbocycles. The monoisotopic (exact) mass is 471 g/mol. The Morgan fingerprint density at radius 3 is 2.90 bits per heavy atom. The molecule has 2 aliphatic rings. The lowest BCUT2D eigenvalue weighted by Crippen LogP contribution is -2.80. The molecule has 0 bridgehead atoms. The van der Waals surface area contributed by atoms with Gasteiger partial charge < -0.3 is 15.2 Å². The third-order valence-electron chi connectivity index (χ3n) is 4.31. The van der Waals surface area contributed by atoms with Crippen LogP contribution in [-0.2, 0) is 26.2 Å². The molecule has 3 heterocycles. The van der Waals surface area contributed by atoms with Crippen LogP contribution in [0.3, 0.4) is 0 Å². The van der Waals surface area contributed by atoms with Gasteiger partial charge in [-0.2, -0.15) is 5.26 Å². The number of carbonyl (C=O) groups is 3. The van der Waals surface area contributed by atoms with Crippen LogP contribution >= 0.6 is 35.3 Å². The number of aliphatic hydroxyl groups excluding tert-OH is 1. The number of β-lactam (4-membered cyclic amide) rings is 1. The number of ether oxygens (including phenoxy) is 1. The number of nitrogens with one attached hydrogen (secondary N) is 1. The largest absolute Gasteiger partial charge is 0.392 e. The zero-order chi connectivity index (χ0) is 21.9. The van der Waals surface area contributed by atoms with Crippen molar-refractivity contribution in [2.45, 2.75) is 16.3 Å². The zero-order valence-electron chi connectivity index (χ0n) is 15.9. The summed E-state index contributed by atoms with van der Waals surface area (Å²) in [5, 5.41) is 30.8. The quantitative estimate of drug-likeness (QED) is 0.200. The van der Waals surface area contributed by atoms with Crippen molar-refractivity contribution >= 4 is 52.2 Å². The van der Waals surface area contributed by atoms with Crippen LogP contribution in [0.15, 0.2) is 16.4 Å². The molecule has 0 spiro atoms. The SMILES string of the molecule is CO[C@@]1(NC(=O)CSCC#N)C(=O)N2C(C(=O)Sc3nnnn3C)=C(CO)CS[C@@H]21. The number of tetrazole rings is 1. The molecule has 30 heavy (non-hydrogen) atoms. The van der Waals surface area contributed by atoms with Gasteiger partial charge in [0, 0.05) is 19.9 Å². The number of amides is 2. The fraction of sp³-hybridized carbons (Fsp3) is 0.533. The molecule has 1 aromatic rings. The Morgan fingerprint density at radius 2 is 2.30 bits per heavy atom. The maximum absolute atomic E-state index is 13.1. The van der Waals surface area contributed by atoms with Gasteiger partial charge in [0.05, 0.1) is 24.2 Å². The van der Waals surface area contributed by atoms with Gasteiger partial charge in [-0.05, 0) is 27.8 Å². The topological polar surface area (TPSA) is 163 Å². The van der Waals surface area contributed by atoms with Crippen LogP contribution in [0.5, 0.6) is 0 Å². The summed E-state index contributed by atoms with van der Waals surface area (Å²) in [4.78, 5) is 39.5. The molecule has 15 heteroatoms. The highest BCUT2D eigenvalue weighted by Crippen LogP contribution is 2.47. The van der Waals surface area contributed by atoms with Crippen molar-refractivity contribution in [1.29, 1.82) is 5.26 Å². The van der Waals surface area contributed by atoms with E-state index in [9.17, 15) is 19.5 Å². The minimum atomic E-state index is -1.63. The van der Waals surface area contributed by atoms with Crippen LogP contribution in [0.4, 0.5) is 0 Å². The maximum atomic E-state index is 13.1. The Balaban J connectivity index is 1.82. The first-order chi connectivity index (χ1) is 14.4. The molecule has 2 N–H and O–H groups in total. The van der Waals surface area contributed by atoms with Gasteiger partial charge in [-0.3, -0.25) is 19.3 Å². The number of nitrogens with zero attached hydrogens (tertiary/aromatic N) is 6. The molecule has 0 radical (unpaired) electrons. The zero-order valence-corrected chi connectivity index (χ0v) is 18.3. The number of aliphatic hydroxyl groups is 1. The number of nitriles is 1. The van der Waals surface area contributed by atoms with Crippen molar-refractivity contribution in [3.63, 3.8) is 0 Å². The van der Waals surface area contributed by atoms with Crippen LogP contribution in [0.25, 0.3) is 0 Å². The molecule has 0 aromatic carbocycles. The molecule has 2 aliphatic heterocycles. The molecule has 3 rings (SSSR count). The number of methoxy groups -OCH3 is 1. The summed E-state index contributed by atoms with van der Waals surface area (Å²) in [6.45, 7) is -0.403. The number of hydrogen-bond acceptors (Lipinski definition) is 12. The molecule has 1 fully saturated rings. The smallest absolute Gasteiger partial charge is 0.284 e. The van der Waals surface area contributed by atoms with E-state index >= 15 is 0 Å². The molecule has 0 saturated carbocycles. The van der Waals surface area contributed by atoms with Crippen molar-refractivity contribution in [1.82, 2.24) is 30.4 Å². The fourth-order valence-corrected chi connectivity index (χ4v) is 5.55. The number of rotatable bonds is 8. The molecule has 160 valence electrons. The van der Waals surface area contributed by atoms with Crippen molar-refractivity contribution in [2.24, 2.45) is 7.05 Å². The molecule has 2 amide bonds. The van der Waals surface area contributed by atoms with E-state index in [4.69, 9.17) is 10.00 Å². The van der Waals surface area contributed by atoms with Gasteiger partial charge in [0.1, 0.15) is 11.1 Å². The number of carbonyl (C=O) groups excluding carboxylic acids is 3.